The maximum atomic E-state index is 12.0. The molecule has 2 unspecified atom stereocenters. The summed E-state index contributed by atoms with van der Waals surface area (Å²) in [5.74, 6) is 0.727. The molecular weight excluding hydrogens is 262 g/mol. The average Bonchev–Trinajstić information content (AvgIpc) is 2.83. The van der Waals surface area contributed by atoms with Crippen molar-refractivity contribution < 1.29 is 8.42 Å². The van der Waals surface area contributed by atoms with Crippen LogP contribution in [-0.2, 0) is 10.0 Å². The normalized spacial score (nSPS) is 25.9. The Morgan fingerprint density at radius 2 is 2.24 bits per heavy atom. The van der Waals surface area contributed by atoms with Gasteiger partial charge in [0.2, 0.25) is 10.0 Å². The lowest BCUT2D eigenvalue weighted by Gasteiger charge is -2.30. The van der Waals surface area contributed by atoms with Gasteiger partial charge in [0, 0.05) is 18.1 Å². The molecule has 0 radical (unpaired) electrons. The van der Waals surface area contributed by atoms with Crippen molar-refractivity contribution in [1.29, 1.82) is 0 Å². The number of sulfonamides is 1. The van der Waals surface area contributed by atoms with E-state index in [1.165, 1.54) is 12.4 Å². The van der Waals surface area contributed by atoms with E-state index in [1.807, 2.05) is 0 Å². The zero-order valence-corrected chi connectivity index (χ0v) is 11.0. The molecule has 0 amide bonds. The van der Waals surface area contributed by atoms with E-state index in [9.17, 15) is 8.42 Å². The van der Waals surface area contributed by atoms with Crippen LogP contribution >= 0.6 is 11.6 Å². The van der Waals surface area contributed by atoms with Gasteiger partial charge >= 0.3 is 0 Å². The molecule has 1 heterocycles. The van der Waals surface area contributed by atoms with Gasteiger partial charge in [0.1, 0.15) is 4.90 Å². The number of hydrogen-bond donors (Lipinski definition) is 2. The fraction of sp³-hybridized carbons (Fsp3) is 0.700. The highest BCUT2D eigenvalue weighted by Gasteiger charge is 2.29. The maximum absolute atomic E-state index is 12.0. The fourth-order valence-electron chi connectivity index (χ4n) is 2.20. The second kappa shape index (κ2) is 5.37. The summed E-state index contributed by atoms with van der Waals surface area (Å²) >= 11 is 5.88. The van der Waals surface area contributed by atoms with Crippen molar-refractivity contribution in [2.24, 2.45) is 5.92 Å². The SMILES string of the molecule is O=S(=O)(NC1CCCCC1CCl)c1cn[nH]c1. The number of hydrogen-bond acceptors (Lipinski definition) is 3. The van der Waals surface area contributed by atoms with Gasteiger partial charge in [0.25, 0.3) is 0 Å². The molecular formula is C10H16ClN3O2S. The van der Waals surface area contributed by atoms with E-state index in [0.717, 1.165) is 25.7 Å². The molecule has 0 spiro atoms. The monoisotopic (exact) mass is 277 g/mol. The quantitative estimate of drug-likeness (QED) is 0.819. The van der Waals surface area contributed by atoms with Gasteiger partial charge < -0.3 is 0 Å². The first-order valence-electron chi connectivity index (χ1n) is 5.70. The molecule has 1 aliphatic carbocycles. The predicted octanol–water partition coefficient (Wildman–Crippen LogP) is 1.49. The van der Waals surface area contributed by atoms with Crippen LogP contribution < -0.4 is 4.72 Å². The lowest BCUT2D eigenvalue weighted by atomic mass is 9.86. The summed E-state index contributed by atoms with van der Waals surface area (Å²) in [5.41, 5.74) is 0. The molecule has 0 saturated heterocycles. The van der Waals surface area contributed by atoms with E-state index in [1.54, 1.807) is 0 Å². The highest BCUT2D eigenvalue weighted by atomic mass is 35.5. The van der Waals surface area contributed by atoms with Gasteiger partial charge in [-0.25, -0.2) is 13.1 Å². The number of halogens is 1. The lowest BCUT2D eigenvalue weighted by molar-refractivity contribution is 0.314. The molecule has 0 bridgehead atoms. The molecule has 2 N–H and O–H groups in total. The van der Waals surface area contributed by atoms with Gasteiger partial charge in [0.05, 0.1) is 6.20 Å². The minimum absolute atomic E-state index is 0.0545. The molecule has 1 aromatic heterocycles. The Kier molecular flexibility index (Phi) is 4.06. The van der Waals surface area contributed by atoms with Crippen LogP contribution in [-0.4, -0.2) is 30.5 Å². The smallest absolute Gasteiger partial charge is 0.243 e. The third kappa shape index (κ3) is 3.00. The number of aromatic nitrogens is 2. The molecule has 1 fully saturated rings. The first kappa shape index (κ1) is 12.9. The Balaban J connectivity index is 2.09. The van der Waals surface area contributed by atoms with Crippen molar-refractivity contribution >= 4 is 21.6 Å². The second-order valence-corrected chi connectivity index (χ2v) is 6.38. The Labute approximate surface area is 106 Å². The van der Waals surface area contributed by atoms with Crippen molar-refractivity contribution in [1.82, 2.24) is 14.9 Å². The van der Waals surface area contributed by atoms with E-state index in [2.05, 4.69) is 14.9 Å². The maximum Gasteiger partial charge on any atom is 0.243 e. The minimum atomic E-state index is -3.46. The van der Waals surface area contributed by atoms with Crippen molar-refractivity contribution in [3.05, 3.63) is 12.4 Å². The molecule has 2 atom stereocenters. The van der Waals surface area contributed by atoms with Crippen molar-refractivity contribution in [2.75, 3.05) is 5.88 Å². The van der Waals surface area contributed by atoms with Crippen molar-refractivity contribution in [2.45, 2.75) is 36.6 Å². The number of rotatable bonds is 4. The van der Waals surface area contributed by atoms with Gasteiger partial charge in [-0.1, -0.05) is 12.8 Å². The van der Waals surface area contributed by atoms with Gasteiger partial charge in [-0.15, -0.1) is 11.6 Å². The van der Waals surface area contributed by atoms with Crippen LogP contribution in [0.4, 0.5) is 0 Å². The first-order chi connectivity index (χ1) is 8.13. The predicted molar refractivity (Wildman–Crippen MR) is 65.4 cm³/mol. The van der Waals surface area contributed by atoms with Crippen LogP contribution in [0, 0.1) is 5.92 Å². The molecule has 0 aromatic carbocycles. The fourth-order valence-corrected chi connectivity index (χ4v) is 3.81. The van der Waals surface area contributed by atoms with Crippen molar-refractivity contribution in [3.63, 3.8) is 0 Å². The summed E-state index contributed by atoms with van der Waals surface area (Å²) in [6.45, 7) is 0. The Hall–Kier alpha value is -0.590. The summed E-state index contributed by atoms with van der Waals surface area (Å²) in [6, 6.07) is -0.0545. The van der Waals surface area contributed by atoms with Gasteiger partial charge in [-0.3, -0.25) is 5.10 Å². The minimum Gasteiger partial charge on any atom is -0.284 e. The van der Waals surface area contributed by atoms with E-state index < -0.39 is 10.0 Å². The third-order valence-electron chi connectivity index (χ3n) is 3.20. The van der Waals surface area contributed by atoms with Gasteiger partial charge in [0.15, 0.2) is 0 Å². The summed E-state index contributed by atoms with van der Waals surface area (Å²) in [7, 11) is -3.46. The number of aromatic amines is 1. The zero-order chi connectivity index (χ0) is 12.3. The van der Waals surface area contributed by atoms with Gasteiger partial charge in [-0.05, 0) is 18.8 Å². The van der Waals surface area contributed by atoms with Crippen LogP contribution in [0.2, 0.25) is 0 Å². The van der Waals surface area contributed by atoms with Crippen LogP contribution in [0.25, 0.3) is 0 Å². The van der Waals surface area contributed by atoms with Crippen LogP contribution in [0.3, 0.4) is 0 Å². The van der Waals surface area contributed by atoms with Crippen LogP contribution in [0.1, 0.15) is 25.7 Å². The summed E-state index contributed by atoms with van der Waals surface area (Å²) in [6.07, 6.45) is 6.70. The molecule has 1 aliphatic rings. The molecule has 0 aliphatic heterocycles. The van der Waals surface area contributed by atoms with E-state index >= 15 is 0 Å². The number of H-pyrrole nitrogens is 1. The largest absolute Gasteiger partial charge is 0.284 e. The second-order valence-electron chi connectivity index (χ2n) is 4.36. The lowest BCUT2D eigenvalue weighted by Crippen LogP contribution is -2.42. The molecule has 96 valence electrons. The summed E-state index contributed by atoms with van der Waals surface area (Å²) < 4.78 is 26.7. The Morgan fingerprint density at radius 3 is 2.88 bits per heavy atom. The van der Waals surface area contributed by atoms with E-state index in [-0.39, 0.29) is 16.9 Å². The number of nitrogens with one attached hydrogen (secondary N) is 2. The van der Waals surface area contributed by atoms with Crippen LogP contribution in [0.15, 0.2) is 17.3 Å². The highest BCUT2D eigenvalue weighted by molar-refractivity contribution is 7.89. The summed E-state index contributed by atoms with van der Waals surface area (Å²) in [4.78, 5) is 0.177. The Bertz CT molecular complexity index is 446. The molecule has 17 heavy (non-hydrogen) atoms. The number of nitrogens with zero attached hydrogens (tertiary/aromatic N) is 1. The van der Waals surface area contributed by atoms with Gasteiger partial charge in [-0.2, -0.15) is 5.10 Å². The van der Waals surface area contributed by atoms with Crippen LogP contribution in [0.5, 0.6) is 0 Å². The van der Waals surface area contributed by atoms with E-state index in [4.69, 9.17) is 11.6 Å². The zero-order valence-electron chi connectivity index (χ0n) is 9.39. The molecule has 5 nitrogen and oxygen atoms in total. The highest BCUT2D eigenvalue weighted by Crippen LogP contribution is 2.26. The van der Waals surface area contributed by atoms with E-state index in [0.29, 0.717) is 5.88 Å². The molecule has 2 rings (SSSR count). The molecule has 1 saturated carbocycles. The first-order valence-corrected chi connectivity index (χ1v) is 7.72. The third-order valence-corrected chi connectivity index (χ3v) is 5.05. The van der Waals surface area contributed by atoms with Crippen molar-refractivity contribution in [3.8, 4) is 0 Å². The Morgan fingerprint density at radius 1 is 1.47 bits per heavy atom. The summed E-state index contributed by atoms with van der Waals surface area (Å²) in [5, 5.41) is 6.15. The molecule has 7 heteroatoms. The topological polar surface area (TPSA) is 74.8 Å². The molecule has 1 aromatic rings. The number of alkyl halides is 1. The standard InChI is InChI=1S/C10H16ClN3O2S/c11-5-8-3-1-2-4-10(8)14-17(15,16)9-6-12-13-7-9/h6-8,10,14H,1-5H2,(H,12,13). The average molecular weight is 278 g/mol.